The number of nitrogens with zero attached hydrogens (tertiary/aromatic N) is 1. The van der Waals surface area contributed by atoms with E-state index >= 15 is 0 Å². The largest absolute Gasteiger partial charge is 0.322 e. The number of hydrogen-bond acceptors (Lipinski definition) is 2. The summed E-state index contributed by atoms with van der Waals surface area (Å²) in [5, 5.41) is 0. The molecule has 4 rings (SSSR count). The van der Waals surface area contributed by atoms with Crippen molar-refractivity contribution >= 4 is 0 Å². The highest BCUT2D eigenvalue weighted by molar-refractivity contribution is 5.24. The Hall–Kier alpha value is -0.860. The van der Waals surface area contributed by atoms with Gasteiger partial charge in [0.15, 0.2) is 0 Å². The highest BCUT2D eigenvalue weighted by Gasteiger charge is 2.48. The molecule has 1 aromatic rings. The SMILES string of the molecule is CN1CC2CCC1(C(N)c1ccccc1)CC2. The van der Waals surface area contributed by atoms with Crippen LogP contribution in [0.15, 0.2) is 30.3 Å². The van der Waals surface area contributed by atoms with Crippen LogP contribution >= 0.6 is 0 Å². The van der Waals surface area contributed by atoms with Gasteiger partial charge < -0.3 is 5.73 Å². The van der Waals surface area contributed by atoms with Gasteiger partial charge >= 0.3 is 0 Å². The quantitative estimate of drug-likeness (QED) is 0.846. The van der Waals surface area contributed by atoms with Crippen LogP contribution in [0, 0.1) is 5.92 Å². The van der Waals surface area contributed by atoms with Gasteiger partial charge in [-0.1, -0.05) is 30.3 Å². The Morgan fingerprint density at radius 1 is 1.24 bits per heavy atom. The van der Waals surface area contributed by atoms with Crippen molar-refractivity contribution in [3.63, 3.8) is 0 Å². The zero-order chi connectivity index (χ0) is 11.9. The van der Waals surface area contributed by atoms with E-state index in [0.29, 0.717) is 0 Å². The molecule has 2 N–H and O–H groups in total. The van der Waals surface area contributed by atoms with Crippen molar-refractivity contribution in [1.29, 1.82) is 0 Å². The molecule has 1 saturated carbocycles. The third-order valence-electron chi connectivity index (χ3n) is 5.00. The van der Waals surface area contributed by atoms with E-state index in [1.807, 2.05) is 0 Å². The van der Waals surface area contributed by atoms with Crippen LogP contribution in [0.25, 0.3) is 0 Å². The first-order valence-electron chi connectivity index (χ1n) is 6.74. The molecule has 1 aliphatic carbocycles. The maximum atomic E-state index is 6.59. The second kappa shape index (κ2) is 4.11. The lowest BCUT2D eigenvalue weighted by Gasteiger charge is -2.56. The summed E-state index contributed by atoms with van der Waals surface area (Å²) in [7, 11) is 2.26. The van der Waals surface area contributed by atoms with E-state index in [0.717, 1.165) is 5.92 Å². The summed E-state index contributed by atoms with van der Waals surface area (Å²) in [5.74, 6) is 0.921. The van der Waals surface area contributed by atoms with Crippen molar-refractivity contribution in [3.8, 4) is 0 Å². The number of rotatable bonds is 2. The third kappa shape index (κ3) is 1.71. The van der Waals surface area contributed by atoms with E-state index in [2.05, 4.69) is 42.3 Å². The molecule has 2 nitrogen and oxygen atoms in total. The lowest BCUT2D eigenvalue weighted by atomic mass is 9.66. The molecule has 17 heavy (non-hydrogen) atoms. The number of benzene rings is 1. The second-order valence-electron chi connectivity index (χ2n) is 5.82. The molecule has 1 atom stereocenters. The number of fused-ring (bicyclic) bond motifs is 3. The van der Waals surface area contributed by atoms with Crippen LogP contribution in [0.4, 0.5) is 0 Å². The summed E-state index contributed by atoms with van der Waals surface area (Å²) in [6.45, 7) is 1.24. The molecule has 0 spiro atoms. The summed E-state index contributed by atoms with van der Waals surface area (Å²) in [6.07, 6.45) is 5.27. The summed E-state index contributed by atoms with van der Waals surface area (Å²) in [5.41, 5.74) is 8.10. The summed E-state index contributed by atoms with van der Waals surface area (Å²) in [6, 6.07) is 10.8. The lowest BCUT2D eigenvalue weighted by molar-refractivity contribution is -0.0335. The minimum atomic E-state index is 0.162. The van der Waals surface area contributed by atoms with Gasteiger partial charge in [0.2, 0.25) is 0 Å². The van der Waals surface area contributed by atoms with E-state index < -0.39 is 0 Å². The van der Waals surface area contributed by atoms with Crippen molar-refractivity contribution in [1.82, 2.24) is 4.90 Å². The minimum absolute atomic E-state index is 0.162. The lowest BCUT2D eigenvalue weighted by Crippen LogP contribution is -2.61. The van der Waals surface area contributed by atoms with Gasteiger partial charge in [-0.05, 0) is 44.2 Å². The topological polar surface area (TPSA) is 29.3 Å². The number of nitrogens with two attached hydrogens (primary N) is 1. The molecule has 0 aromatic heterocycles. The minimum Gasteiger partial charge on any atom is -0.322 e. The van der Waals surface area contributed by atoms with Crippen molar-refractivity contribution in [2.75, 3.05) is 13.6 Å². The molecule has 2 heteroatoms. The molecule has 3 aliphatic rings. The fraction of sp³-hybridized carbons (Fsp3) is 0.600. The maximum Gasteiger partial charge on any atom is 0.0482 e. The number of hydrogen-bond donors (Lipinski definition) is 1. The monoisotopic (exact) mass is 230 g/mol. The Bertz CT molecular complexity index is 379. The van der Waals surface area contributed by atoms with Crippen LogP contribution in [0.3, 0.4) is 0 Å². The molecule has 0 amide bonds. The van der Waals surface area contributed by atoms with Gasteiger partial charge in [0, 0.05) is 18.1 Å². The van der Waals surface area contributed by atoms with Gasteiger partial charge in [-0.2, -0.15) is 0 Å². The molecular formula is C15H22N2. The van der Waals surface area contributed by atoms with Gasteiger partial charge in [-0.15, -0.1) is 0 Å². The smallest absolute Gasteiger partial charge is 0.0482 e. The first-order chi connectivity index (χ1) is 8.22. The predicted molar refractivity (Wildman–Crippen MR) is 70.7 cm³/mol. The molecule has 1 aromatic carbocycles. The second-order valence-corrected chi connectivity index (χ2v) is 5.82. The van der Waals surface area contributed by atoms with Crippen molar-refractivity contribution < 1.29 is 0 Å². The molecule has 1 unspecified atom stereocenters. The average Bonchev–Trinajstić information content (AvgIpc) is 2.40. The Labute approximate surface area is 104 Å². The van der Waals surface area contributed by atoms with E-state index in [1.54, 1.807) is 0 Å². The fourth-order valence-electron chi connectivity index (χ4n) is 3.83. The number of piperidine rings is 2. The van der Waals surface area contributed by atoms with Gasteiger partial charge in [0.05, 0.1) is 0 Å². The highest BCUT2D eigenvalue weighted by Crippen LogP contribution is 2.47. The van der Waals surface area contributed by atoms with Gasteiger partial charge in [-0.3, -0.25) is 4.90 Å². The van der Waals surface area contributed by atoms with E-state index in [-0.39, 0.29) is 11.6 Å². The molecular weight excluding hydrogens is 208 g/mol. The van der Waals surface area contributed by atoms with Gasteiger partial charge in [0.25, 0.3) is 0 Å². The summed E-state index contributed by atoms with van der Waals surface area (Å²) in [4.78, 5) is 2.53. The van der Waals surface area contributed by atoms with E-state index in [1.165, 1.54) is 37.8 Å². The van der Waals surface area contributed by atoms with E-state index in [4.69, 9.17) is 5.73 Å². The average molecular weight is 230 g/mol. The van der Waals surface area contributed by atoms with Crippen LogP contribution in [0.1, 0.15) is 37.3 Å². The van der Waals surface area contributed by atoms with Gasteiger partial charge in [0.1, 0.15) is 0 Å². The Morgan fingerprint density at radius 3 is 2.47 bits per heavy atom. The highest BCUT2D eigenvalue weighted by atomic mass is 15.2. The standard InChI is InChI=1S/C15H22N2/c1-17-11-12-7-9-15(17,10-8-12)14(16)13-5-3-2-4-6-13/h2-6,12,14H,7-11,16H2,1H3. The predicted octanol–water partition coefficient (Wildman–Crippen LogP) is 2.56. The molecule has 2 bridgehead atoms. The normalized spacial score (nSPS) is 34.8. The zero-order valence-electron chi connectivity index (χ0n) is 10.6. The van der Waals surface area contributed by atoms with Gasteiger partial charge in [-0.25, -0.2) is 0 Å². The van der Waals surface area contributed by atoms with E-state index in [9.17, 15) is 0 Å². The molecule has 2 aliphatic heterocycles. The van der Waals surface area contributed by atoms with Crippen LogP contribution in [0.5, 0.6) is 0 Å². The summed E-state index contributed by atoms with van der Waals surface area (Å²) >= 11 is 0. The Kier molecular flexibility index (Phi) is 2.72. The van der Waals surface area contributed by atoms with Crippen LogP contribution in [-0.4, -0.2) is 24.0 Å². The molecule has 0 radical (unpaired) electrons. The molecule has 2 heterocycles. The van der Waals surface area contributed by atoms with Crippen LogP contribution < -0.4 is 5.73 Å². The molecule has 2 saturated heterocycles. The summed E-state index contributed by atoms with van der Waals surface area (Å²) < 4.78 is 0. The van der Waals surface area contributed by atoms with Crippen molar-refractivity contribution in [2.24, 2.45) is 11.7 Å². The number of likely N-dealkylation sites (N-methyl/N-ethyl adjacent to an activating group) is 1. The maximum absolute atomic E-state index is 6.59. The first kappa shape index (κ1) is 11.2. The van der Waals surface area contributed by atoms with Crippen LogP contribution in [0.2, 0.25) is 0 Å². The molecule has 92 valence electrons. The zero-order valence-corrected chi connectivity index (χ0v) is 10.6. The van der Waals surface area contributed by atoms with Crippen LogP contribution in [-0.2, 0) is 0 Å². The third-order valence-corrected chi connectivity index (χ3v) is 5.00. The first-order valence-corrected chi connectivity index (χ1v) is 6.74. The Balaban J connectivity index is 1.91. The van der Waals surface area contributed by atoms with Crippen molar-refractivity contribution in [3.05, 3.63) is 35.9 Å². The van der Waals surface area contributed by atoms with Crippen molar-refractivity contribution in [2.45, 2.75) is 37.3 Å². The Morgan fingerprint density at radius 2 is 1.88 bits per heavy atom. The molecule has 3 fully saturated rings. The fourth-order valence-corrected chi connectivity index (χ4v) is 3.83.